The van der Waals surface area contributed by atoms with Gasteiger partial charge in [-0.05, 0) is 73.6 Å². The van der Waals surface area contributed by atoms with Crippen LogP contribution in [0.1, 0.15) is 24.6 Å². The van der Waals surface area contributed by atoms with Gasteiger partial charge < -0.3 is 14.9 Å². The lowest BCUT2D eigenvalue weighted by molar-refractivity contribution is 0.414. The Morgan fingerprint density at radius 2 is 2.12 bits per heavy atom. The Balaban J connectivity index is 1.93. The van der Waals surface area contributed by atoms with Crippen LogP contribution in [0.25, 0.3) is 11.6 Å². The zero-order chi connectivity index (χ0) is 18.5. The first-order valence-electron chi connectivity index (χ1n) is 8.58. The lowest BCUT2D eigenvalue weighted by atomic mass is 10.0. The molecule has 1 aliphatic heterocycles. The number of benzene rings is 1. The maximum Gasteiger partial charge on any atom is 0.234 e. The standard InChI is InChI=1S/C21H22BN3O/c1-15-13-17(9-8-16-5-3-6-18(14-16)26-2)24-21(15)19(10-11-23)20-7-4-12-25(20)22/h3-9,12-14H,10-11,23H2,1-2H3. The van der Waals surface area contributed by atoms with E-state index in [9.17, 15) is 0 Å². The average molecular weight is 343 g/mol. The molecule has 3 rings (SSSR count). The zero-order valence-electron chi connectivity index (χ0n) is 15.1. The monoisotopic (exact) mass is 343 g/mol. The van der Waals surface area contributed by atoms with Gasteiger partial charge in [-0.15, -0.1) is 0 Å². The minimum Gasteiger partial charge on any atom is -0.497 e. The Hall–Kier alpha value is -2.79. The molecule has 0 unspecified atom stereocenters. The Kier molecular flexibility index (Phi) is 5.59. The minimum atomic E-state index is 0.543. The summed E-state index contributed by atoms with van der Waals surface area (Å²) in [5.74, 6) is 0.835. The molecule has 1 aromatic carbocycles. The summed E-state index contributed by atoms with van der Waals surface area (Å²) in [7, 11) is 7.70. The van der Waals surface area contributed by atoms with Gasteiger partial charge in [-0.1, -0.05) is 18.2 Å². The van der Waals surface area contributed by atoms with Crippen molar-refractivity contribution in [3.63, 3.8) is 0 Å². The summed E-state index contributed by atoms with van der Waals surface area (Å²) in [5, 5.41) is 0. The molecule has 0 bridgehead atoms. The second-order valence-corrected chi connectivity index (χ2v) is 6.14. The van der Waals surface area contributed by atoms with E-state index in [4.69, 9.17) is 23.4 Å². The molecule has 2 heterocycles. The molecule has 4 nitrogen and oxygen atoms in total. The van der Waals surface area contributed by atoms with Crippen molar-refractivity contribution < 1.29 is 4.74 Å². The zero-order valence-corrected chi connectivity index (χ0v) is 15.1. The number of allylic oxidation sites excluding steroid dienone is 3. The average Bonchev–Trinajstić information content (AvgIpc) is 3.24. The van der Waals surface area contributed by atoms with Crippen LogP contribution < -0.4 is 10.5 Å². The van der Waals surface area contributed by atoms with Gasteiger partial charge in [0.05, 0.1) is 18.5 Å². The van der Waals surface area contributed by atoms with E-state index in [-0.39, 0.29) is 0 Å². The summed E-state index contributed by atoms with van der Waals surface area (Å²) in [4.78, 5) is 4.80. The Morgan fingerprint density at radius 3 is 2.81 bits per heavy atom. The smallest absolute Gasteiger partial charge is 0.234 e. The summed E-state index contributed by atoms with van der Waals surface area (Å²) in [6.07, 6.45) is 8.66. The van der Waals surface area contributed by atoms with E-state index in [0.29, 0.717) is 6.54 Å². The van der Waals surface area contributed by atoms with Gasteiger partial charge in [0, 0.05) is 11.3 Å². The molecule has 0 atom stereocenters. The van der Waals surface area contributed by atoms with Crippen LogP contribution in [0.4, 0.5) is 0 Å². The van der Waals surface area contributed by atoms with Crippen LogP contribution >= 0.6 is 0 Å². The highest BCUT2D eigenvalue weighted by Gasteiger charge is 2.16. The van der Waals surface area contributed by atoms with Crippen molar-refractivity contribution in [1.29, 1.82) is 0 Å². The third-order valence-electron chi connectivity index (χ3n) is 4.29. The van der Waals surface area contributed by atoms with Gasteiger partial charge in [0.25, 0.3) is 0 Å². The number of nitrogens with two attached hydrogens (primary N) is 1. The van der Waals surface area contributed by atoms with E-state index < -0.39 is 0 Å². The topological polar surface area (TPSA) is 52.5 Å². The highest BCUT2D eigenvalue weighted by Crippen LogP contribution is 2.31. The molecule has 2 aromatic rings. The predicted molar refractivity (Wildman–Crippen MR) is 109 cm³/mol. The summed E-state index contributed by atoms with van der Waals surface area (Å²) in [5.41, 5.74) is 11.9. The molecule has 0 saturated carbocycles. The van der Waals surface area contributed by atoms with Gasteiger partial charge >= 0.3 is 0 Å². The number of ether oxygens (including phenoxy) is 1. The molecule has 1 aromatic heterocycles. The molecule has 130 valence electrons. The molecule has 0 amide bonds. The Bertz CT molecular complexity index is 919. The van der Waals surface area contributed by atoms with Crippen molar-refractivity contribution in [2.75, 3.05) is 13.7 Å². The lowest BCUT2D eigenvalue weighted by Gasteiger charge is -2.11. The van der Waals surface area contributed by atoms with Crippen LogP contribution in [0.2, 0.25) is 0 Å². The van der Waals surface area contributed by atoms with Crippen LogP contribution in [0, 0.1) is 0 Å². The SMILES string of the molecule is [B]n1cccc1C(CCN)=C1N=C(C=Cc2cccc(OC)c2)C=C1C. The number of hydrogen-bond donors (Lipinski definition) is 1. The fourth-order valence-corrected chi connectivity index (χ4v) is 3.02. The van der Waals surface area contributed by atoms with Crippen LogP contribution in [0.5, 0.6) is 5.75 Å². The number of nitrogens with zero attached hydrogens (tertiary/aromatic N) is 2. The molecular weight excluding hydrogens is 321 g/mol. The lowest BCUT2D eigenvalue weighted by Crippen LogP contribution is -2.05. The summed E-state index contributed by atoms with van der Waals surface area (Å²) in [6, 6.07) is 11.8. The van der Waals surface area contributed by atoms with Gasteiger partial charge in [-0.2, -0.15) is 0 Å². The van der Waals surface area contributed by atoms with Crippen molar-refractivity contribution in [1.82, 2.24) is 4.48 Å². The van der Waals surface area contributed by atoms with Crippen LogP contribution in [0.3, 0.4) is 0 Å². The highest BCUT2D eigenvalue weighted by molar-refractivity contribution is 6.11. The second kappa shape index (κ2) is 8.06. The molecule has 0 fully saturated rings. The largest absolute Gasteiger partial charge is 0.497 e. The maximum atomic E-state index is 6.03. The first kappa shape index (κ1) is 18.0. The van der Waals surface area contributed by atoms with E-state index >= 15 is 0 Å². The summed E-state index contributed by atoms with van der Waals surface area (Å²) in [6.45, 7) is 2.60. The molecule has 0 spiro atoms. The fourth-order valence-electron chi connectivity index (χ4n) is 3.02. The third kappa shape index (κ3) is 3.89. The summed E-state index contributed by atoms with van der Waals surface area (Å²) < 4.78 is 6.88. The Morgan fingerprint density at radius 1 is 1.27 bits per heavy atom. The molecule has 5 heteroatoms. The number of aromatic nitrogens is 1. The van der Waals surface area contributed by atoms with Gasteiger partial charge in [-0.3, -0.25) is 0 Å². The van der Waals surface area contributed by atoms with Crippen LogP contribution in [-0.2, 0) is 0 Å². The molecule has 2 N–H and O–H groups in total. The number of hydrogen-bond acceptors (Lipinski definition) is 3. The molecule has 26 heavy (non-hydrogen) atoms. The van der Waals surface area contributed by atoms with Crippen LogP contribution in [0.15, 0.2) is 71.0 Å². The predicted octanol–water partition coefficient (Wildman–Crippen LogP) is 3.60. The number of rotatable bonds is 6. The van der Waals surface area contributed by atoms with Crippen molar-refractivity contribution >= 4 is 25.3 Å². The number of methoxy groups -OCH3 is 1. The molecule has 2 radical (unpaired) electrons. The van der Waals surface area contributed by atoms with Crippen LogP contribution in [-0.4, -0.2) is 31.8 Å². The normalized spacial score (nSPS) is 16.0. The van der Waals surface area contributed by atoms with E-state index in [1.807, 2.05) is 54.7 Å². The Labute approximate surface area is 155 Å². The fraction of sp³-hybridized carbons (Fsp3) is 0.190. The van der Waals surface area contributed by atoms with Gasteiger partial charge in [0.2, 0.25) is 7.98 Å². The molecule has 1 aliphatic rings. The first-order valence-corrected chi connectivity index (χ1v) is 8.58. The third-order valence-corrected chi connectivity index (χ3v) is 4.29. The van der Waals surface area contributed by atoms with Crippen molar-refractivity contribution in [2.24, 2.45) is 10.7 Å². The number of aliphatic imine (C=N–C) groups is 1. The van der Waals surface area contributed by atoms with E-state index in [0.717, 1.165) is 46.0 Å². The highest BCUT2D eigenvalue weighted by atomic mass is 16.5. The first-order chi connectivity index (χ1) is 12.6. The van der Waals surface area contributed by atoms with E-state index in [1.165, 1.54) is 0 Å². The van der Waals surface area contributed by atoms with Crippen molar-refractivity contribution in [3.05, 3.63) is 77.3 Å². The van der Waals surface area contributed by atoms with E-state index in [2.05, 4.69) is 13.0 Å². The quantitative estimate of drug-likeness (QED) is 0.815. The molecule has 0 aliphatic carbocycles. The van der Waals surface area contributed by atoms with E-state index in [1.54, 1.807) is 11.6 Å². The van der Waals surface area contributed by atoms with Crippen molar-refractivity contribution in [2.45, 2.75) is 13.3 Å². The summed E-state index contributed by atoms with van der Waals surface area (Å²) >= 11 is 0. The minimum absolute atomic E-state index is 0.543. The molecule has 0 saturated heterocycles. The van der Waals surface area contributed by atoms with Gasteiger partial charge in [-0.25, -0.2) is 4.99 Å². The van der Waals surface area contributed by atoms with Crippen molar-refractivity contribution in [3.8, 4) is 5.75 Å². The molecular formula is C21H22BN3O. The van der Waals surface area contributed by atoms with Gasteiger partial charge in [0.15, 0.2) is 0 Å². The maximum absolute atomic E-state index is 6.03. The second-order valence-electron chi connectivity index (χ2n) is 6.14. The van der Waals surface area contributed by atoms with Gasteiger partial charge in [0.1, 0.15) is 5.75 Å².